The van der Waals surface area contributed by atoms with E-state index in [9.17, 15) is 15.2 Å². The highest BCUT2D eigenvalue weighted by atomic mass is 35.5. The van der Waals surface area contributed by atoms with Crippen LogP contribution in [0.3, 0.4) is 0 Å². The summed E-state index contributed by atoms with van der Waals surface area (Å²) in [6.07, 6.45) is 0.245. The average Bonchev–Trinajstić information content (AvgIpc) is 2.18. The molecule has 0 saturated heterocycles. The van der Waals surface area contributed by atoms with Crippen LogP contribution < -0.4 is 5.73 Å². The van der Waals surface area contributed by atoms with Crippen LogP contribution in [0.1, 0.15) is 18.0 Å². The lowest BCUT2D eigenvalue weighted by Gasteiger charge is -2.11. The maximum Gasteiger partial charge on any atom is 0.270 e. The van der Waals surface area contributed by atoms with Crippen molar-refractivity contribution >= 4 is 18.1 Å². The molecule has 0 aliphatic rings. The molecule has 0 aliphatic carbocycles. The molecular weight excluding hydrogens is 236 g/mol. The van der Waals surface area contributed by atoms with Crippen molar-refractivity contribution < 1.29 is 15.1 Å². The maximum absolute atomic E-state index is 10.5. The smallest absolute Gasteiger partial charge is 0.270 e. The van der Waals surface area contributed by atoms with E-state index in [-0.39, 0.29) is 42.4 Å². The molecule has 90 valence electrons. The Morgan fingerprint density at radius 2 is 2.12 bits per heavy atom. The molecule has 0 radical (unpaired) electrons. The van der Waals surface area contributed by atoms with E-state index in [4.69, 9.17) is 10.8 Å². The first-order valence-corrected chi connectivity index (χ1v) is 4.40. The Balaban J connectivity index is 0.00000225. The zero-order valence-electron chi connectivity index (χ0n) is 8.37. The van der Waals surface area contributed by atoms with E-state index in [1.165, 1.54) is 18.2 Å². The van der Waals surface area contributed by atoms with E-state index in [1.54, 1.807) is 0 Å². The fourth-order valence-corrected chi connectivity index (χ4v) is 1.25. The van der Waals surface area contributed by atoms with Gasteiger partial charge in [-0.2, -0.15) is 0 Å². The van der Waals surface area contributed by atoms with E-state index < -0.39 is 11.0 Å². The van der Waals surface area contributed by atoms with E-state index in [1.807, 2.05) is 0 Å². The predicted octanol–water partition coefficient (Wildman–Crippen LogP) is 1.10. The Labute approximate surface area is 98.3 Å². The fourth-order valence-electron chi connectivity index (χ4n) is 1.25. The van der Waals surface area contributed by atoms with Crippen molar-refractivity contribution in [3.8, 4) is 5.75 Å². The second-order valence-corrected chi connectivity index (χ2v) is 3.12. The average molecular weight is 249 g/mol. The minimum atomic E-state index is -0.602. The fraction of sp³-hybridized carbons (Fsp3) is 0.333. The number of nitro groups is 1. The molecule has 0 saturated carbocycles. The number of aliphatic hydroxyl groups excluding tert-OH is 1. The van der Waals surface area contributed by atoms with Crippen LogP contribution in [0, 0.1) is 10.1 Å². The molecule has 7 heteroatoms. The summed E-state index contributed by atoms with van der Waals surface area (Å²) in [6, 6.07) is 3.04. The molecule has 0 heterocycles. The number of nitrogens with two attached hydrogens (primary N) is 1. The van der Waals surface area contributed by atoms with Crippen LogP contribution in [-0.4, -0.2) is 21.7 Å². The molecule has 1 unspecified atom stereocenters. The van der Waals surface area contributed by atoms with E-state index in [0.717, 1.165) is 0 Å². The molecule has 0 aromatic heterocycles. The Morgan fingerprint density at radius 1 is 1.50 bits per heavy atom. The van der Waals surface area contributed by atoms with Gasteiger partial charge in [-0.05, 0) is 12.5 Å². The Bertz CT molecular complexity index is 373. The van der Waals surface area contributed by atoms with Crippen LogP contribution in [0.2, 0.25) is 0 Å². The maximum atomic E-state index is 10.5. The first kappa shape index (κ1) is 14.6. The number of nitrogens with zero attached hydrogens (tertiary/aromatic N) is 1. The number of non-ortho nitro benzene ring substituents is 1. The number of rotatable bonds is 4. The molecule has 1 atom stereocenters. The van der Waals surface area contributed by atoms with Crippen LogP contribution in [0.5, 0.6) is 5.75 Å². The van der Waals surface area contributed by atoms with Gasteiger partial charge in [0.25, 0.3) is 5.69 Å². The highest BCUT2D eigenvalue weighted by Crippen LogP contribution is 2.28. The predicted molar refractivity (Wildman–Crippen MR) is 60.6 cm³/mol. The van der Waals surface area contributed by atoms with Crippen LogP contribution >= 0.6 is 12.4 Å². The minimum absolute atomic E-state index is 0. The zero-order valence-corrected chi connectivity index (χ0v) is 9.18. The number of hydrogen-bond donors (Lipinski definition) is 3. The standard InChI is InChI=1S/C9H12N2O4.ClH/c10-8(3-4-12)7-5-6(11(14)15)1-2-9(7)13;/h1-2,5,8,12-13H,3-4,10H2;1H. The molecule has 16 heavy (non-hydrogen) atoms. The lowest BCUT2D eigenvalue weighted by Crippen LogP contribution is -2.12. The number of benzene rings is 1. The van der Waals surface area contributed by atoms with Crippen molar-refractivity contribution in [3.63, 3.8) is 0 Å². The number of halogens is 1. The van der Waals surface area contributed by atoms with Crippen molar-refractivity contribution in [1.82, 2.24) is 0 Å². The van der Waals surface area contributed by atoms with Gasteiger partial charge < -0.3 is 15.9 Å². The Morgan fingerprint density at radius 3 is 2.62 bits per heavy atom. The number of phenols is 1. The van der Waals surface area contributed by atoms with Crippen molar-refractivity contribution in [3.05, 3.63) is 33.9 Å². The molecule has 0 aliphatic heterocycles. The zero-order chi connectivity index (χ0) is 11.4. The summed E-state index contributed by atoms with van der Waals surface area (Å²) in [5, 5.41) is 28.6. The second-order valence-electron chi connectivity index (χ2n) is 3.12. The van der Waals surface area contributed by atoms with Gasteiger partial charge in [-0.25, -0.2) is 0 Å². The van der Waals surface area contributed by atoms with E-state index in [0.29, 0.717) is 0 Å². The topological polar surface area (TPSA) is 110 Å². The molecule has 1 aromatic rings. The summed E-state index contributed by atoms with van der Waals surface area (Å²) in [6.45, 7) is -0.136. The largest absolute Gasteiger partial charge is 0.508 e. The second kappa shape index (κ2) is 6.26. The summed E-state index contributed by atoms with van der Waals surface area (Å²) >= 11 is 0. The lowest BCUT2D eigenvalue weighted by molar-refractivity contribution is -0.385. The number of phenolic OH excluding ortho intramolecular Hbond substituents is 1. The number of aliphatic hydroxyl groups is 1. The van der Waals surface area contributed by atoms with Gasteiger partial charge in [0.05, 0.1) is 4.92 Å². The summed E-state index contributed by atoms with van der Waals surface area (Å²) < 4.78 is 0. The number of aromatic hydroxyl groups is 1. The first-order valence-electron chi connectivity index (χ1n) is 4.40. The van der Waals surface area contributed by atoms with Crippen LogP contribution in [0.25, 0.3) is 0 Å². The molecule has 4 N–H and O–H groups in total. The summed E-state index contributed by atoms with van der Waals surface area (Å²) in [5.41, 5.74) is 5.78. The molecule has 0 bridgehead atoms. The molecule has 6 nitrogen and oxygen atoms in total. The highest BCUT2D eigenvalue weighted by Gasteiger charge is 2.15. The third kappa shape index (κ3) is 3.34. The van der Waals surface area contributed by atoms with Crippen molar-refractivity contribution in [2.45, 2.75) is 12.5 Å². The molecule has 0 amide bonds. The van der Waals surface area contributed by atoms with Gasteiger partial charge in [0.15, 0.2) is 0 Å². The third-order valence-corrected chi connectivity index (χ3v) is 2.06. The monoisotopic (exact) mass is 248 g/mol. The van der Waals surface area contributed by atoms with Gasteiger partial charge in [0.1, 0.15) is 5.75 Å². The summed E-state index contributed by atoms with van der Waals surface area (Å²) in [7, 11) is 0. The molecular formula is C9H13ClN2O4. The van der Waals surface area contributed by atoms with Gasteiger partial charge in [-0.3, -0.25) is 10.1 Å². The normalized spacial score (nSPS) is 11.6. The number of nitro benzene ring substituents is 1. The molecule has 0 spiro atoms. The quantitative estimate of drug-likeness (QED) is 0.546. The molecule has 1 rings (SSSR count). The number of hydrogen-bond acceptors (Lipinski definition) is 5. The van der Waals surface area contributed by atoms with Gasteiger partial charge in [0.2, 0.25) is 0 Å². The van der Waals surface area contributed by atoms with Crippen LogP contribution in [0.4, 0.5) is 5.69 Å². The van der Waals surface area contributed by atoms with Crippen LogP contribution in [0.15, 0.2) is 18.2 Å². The summed E-state index contributed by atoms with van der Waals surface area (Å²) in [5.74, 6) is -0.0958. The van der Waals surface area contributed by atoms with Gasteiger partial charge in [-0.15, -0.1) is 12.4 Å². The van der Waals surface area contributed by atoms with Crippen molar-refractivity contribution in [2.24, 2.45) is 5.73 Å². The van der Waals surface area contributed by atoms with E-state index >= 15 is 0 Å². The van der Waals surface area contributed by atoms with Gasteiger partial charge in [0, 0.05) is 30.3 Å². The van der Waals surface area contributed by atoms with Crippen molar-refractivity contribution in [2.75, 3.05) is 6.61 Å². The summed E-state index contributed by atoms with van der Waals surface area (Å²) in [4.78, 5) is 9.92. The van der Waals surface area contributed by atoms with Crippen molar-refractivity contribution in [1.29, 1.82) is 0 Å². The minimum Gasteiger partial charge on any atom is -0.508 e. The third-order valence-electron chi connectivity index (χ3n) is 2.06. The Kier molecular flexibility index (Phi) is 5.73. The first-order chi connectivity index (χ1) is 7.06. The Hall–Kier alpha value is -1.37. The highest BCUT2D eigenvalue weighted by molar-refractivity contribution is 5.85. The lowest BCUT2D eigenvalue weighted by atomic mass is 10.0. The van der Waals surface area contributed by atoms with Gasteiger partial charge >= 0.3 is 0 Å². The van der Waals surface area contributed by atoms with Gasteiger partial charge in [-0.1, -0.05) is 0 Å². The molecule has 1 aromatic carbocycles. The van der Waals surface area contributed by atoms with Crippen LogP contribution in [-0.2, 0) is 0 Å². The molecule has 0 fully saturated rings. The SMILES string of the molecule is Cl.NC(CCO)c1cc([N+](=O)[O-])ccc1O. The van der Waals surface area contributed by atoms with E-state index in [2.05, 4.69) is 0 Å².